The van der Waals surface area contributed by atoms with E-state index in [9.17, 15) is 9.18 Å². The molecule has 1 aliphatic rings. The number of hydrogen-bond acceptors (Lipinski definition) is 2. The van der Waals surface area contributed by atoms with Gasteiger partial charge in [0.05, 0.1) is 0 Å². The van der Waals surface area contributed by atoms with Crippen LogP contribution in [0.2, 0.25) is 0 Å². The van der Waals surface area contributed by atoms with Crippen molar-refractivity contribution in [2.24, 2.45) is 0 Å². The second-order valence-corrected chi connectivity index (χ2v) is 6.88. The summed E-state index contributed by atoms with van der Waals surface area (Å²) >= 11 is 0. The number of carbonyl (C=O) groups is 1. The molecule has 5 heteroatoms. The molecule has 4 rings (SSSR count). The molecule has 2 aromatic carbocycles. The first-order chi connectivity index (χ1) is 12.5. The van der Waals surface area contributed by atoms with E-state index >= 15 is 0 Å². The summed E-state index contributed by atoms with van der Waals surface area (Å²) in [5.74, 6) is -0.376. The number of benzene rings is 2. The number of amides is 1. The first-order valence-electron chi connectivity index (χ1n) is 8.92. The van der Waals surface area contributed by atoms with Gasteiger partial charge in [-0.25, -0.2) is 4.39 Å². The third-order valence-corrected chi connectivity index (χ3v) is 5.32. The summed E-state index contributed by atoms with van der Waals surface area (Å²) in [5.41, 5.74) is 4.91. The Bertz CT molecular complexity index is 971. The summed E-state index contributed by atoms with van der Waals surface area (Å²) in [7, 11) is 0. The molecule has 1 N–H and O–H groups in total. The normalized spacial score (nSPS) is 14.9. The van der Waals surface area contributed by atoms with Gasteiger partial charge in [0.25, 0.3) is 5.91 Å². The zero-order chi connectivity index (χ0) is 18.3. The van der Waals surface area contributed by atoms with E-state index in [2.05, 4.69) is 41.9 Å². The molecule has 1 saturated heterocycles. The molecule has 1 fully saturated rings. The van der Waals surface area contributed by atoms with E-state index in [1.54, 1.807) is 18.2 Å². The molecule has 1 aliphatic heterocycles. The van der Waals surface area contributed by atoms with Gasteiger partial charge in [-0.1, -0.05) is 18.2 Å². The lowest BCUT2D eigenvalue weighted by atomic mass is 10.1. The fourth-order valence-electron chi connectivity index (χ4n) is 3.63. The lowest BCUT2D eigenvalue weighted by Gasteiger charge is -2.36. The van der Waals surface area contributed by atoms with Crippen LogP contribution in [0.3, 0.4) is 0 Å². The quantitative estimate of drug-likeness (QED) is 0.761. The highest BCUT2D eigenvalue weighted by Gasteiger charge is 2.24. The Kier molecular flexibility index (Phi) is 4.15. The standard InChI is InChI=1S/C21H22FN3O/c1-14-5-3-8-20(15(14)2)24-9-11-25(12-10-24)21(26)19-13-16-17(22)6-4-7-18(16)23-19/h3-8,13,23H,9-12H2,1-2H3. The third kappa shape index (κ3) is 2.83. The fraction of sp³-hybridized carbons (Fsp3) is 0.286. The summed E-state index contributed by atoms with van der Waals surface area (Å²) in [6, 6.07) is 12.8. The van der Waals surface area contributed by atoms with Crippen molar-refractivity contribution in [3.63, 3.8) is 0 Å². The zero-order valence-electron chi connectivity index (χ0n) is 15.1. The van der Waals surface area contributed by atoms with Gasteiger partial charge in [-0.3, -0.25) is 4.79 Å². The molecule has 4 nitrogen and oxygen atoms in total. The van der Waals surface area contributed by atoms with Crippen molar-refractivity contribution in [1.29, 1.82) is 0 Å². The number of carbonyl (C=O) groups excluding carboxylic acids is 1. The summed E-state index contributed by atoms with van der Waals surface area (Å²) < 4.78 is 13.9. The molecule has 0 bridgehead atoms. The van der Waals surface area contributed by atoms with Crippen LogP contribution in [0.15, 0.2) is 42.5 Å². The predicted octanol–water partition coefficient (Wildman–Crippen LogP) is 3.89. The number of piperazine rings is 1. The minimum absolute atomic E-state index is 0.0683. The van der Waals surface area contributed by atoms with Crippen LogP contribution >= 0.6 is 0 Å². The second kappa shape index (κ2) is 6.48. The van der Waals surface area contributed by atoms with Crippen molar-refractivity contribution >= 4 is 22.5 Å². The minimum Gasteiger partial charge on any atom is -0.368 e. The SMILES string of the molecule is Cc1cccc(N2CCN(C(=O)c3cc4c(F)cccc4[nH]3)CC2)c1C. The molecule has 0 atom stereocenters. The largest absolute Gasteiger partial charge is 0.368 e. The van der Waals surface area contributed by atoms with Crippen LogP contribution in [0.1, 0.15) is 21.6 Å². The molecule has 0 spiro atoms. The predicted molar refractivity (Wildman–Crippen MR) is 102 cm³/mol. The summed E-state index contributed by atoms with van der Waals surface area (Å²) in [4.78, 5) is 20.0. The van der Waals surface area contributed by atoms with Crippen molar-refractivity contribution in [3.8, 4) is 0 Å². The molecule has 3 aromatic rings. The summed E-state index contributed by atoms with van der Waals surface area (Å²) in [5, 5.41) is 0.463. The average Bonchev–Trinajstić information content (AvgIpc) is 3.09. The highest BCUT2D eigenvalue weighted by Crippen LogP contribution is 2.25. The minimum atomic E-state index is -0.308. The van der Waals surface area contributed by atoms with Crippen molar-refractivity contribution in [3.05, 3.63) is 65.1 Å². The zero-order valence-corrected chi connectivity index (χ0v) is 15.1. The fourth-order valence-corrected chi connectivity index (χ4v) is 3.63. The second-order valence-electron chi connectivity index (χ2n) is 6.88. The number of nitrogens with zero attached hydrogens (tertiary/aromatic N) is 2. The number of aromatic nitrogens is 1. The van der Waals surface area contributed by atoms with Gasteiger partial charge in [0.1, 0.15) is 11.5 Å². The molecule has 2 heterocycles. The van der Waals surface area contributed by atoms with Crippen LogP contribution in [0.5, 0.6) is 0 Å². The highest BCUT2D eigenvalue weighted by molar-refractivity contribution is 5.98. The average molecular weight is 351 g/mol. The van der Waals surface area contributed by atoms with Gasteiger partial charge in [-0.05, 0) is 49.2 Å². The van der Waals surface area contributed by atoms with Crippen LogP contribution in [-0.2, 0) is 0 Å². The maximum absolute atomic E-state index is 13.9. The Balaban J connectivity index is 1.49. The number of halogens is 1. The maximum Gasteiger partial charge on any atom is 0.270 e. The van der Waals surface area contributed by atoms with Crippen molar-refractivity contribution in [1.82, 2.24) is 9.88 Å². The molecule has 1 amide bonds. The maximum atomic E-state index is 13.9. The Morgan fingerprint density at radius 1 is 1.04 bits per heavy atom. The van der Waals surface area contributed by atoms with Gasteiger partial charge in [0.15, 0.2) is 0 Å². The van der Waals surface area contributed by atoms with E-state index in [1.165, 1.54) is 22.9 Å². The summed E-state index contributed by atoms with van der Waals surface area (Å²) in [6.07, 6.45) is 0. The number of hydrogen-bond donors (Lipinski definition) is 1. The van der Waals surface area contributed by atoms with Gasteiger partial charge in [0.2, 0.25) is 0 Å². The Hall–Kier alpha value is -2.82. The van der Waals surface area contributed by atoms with Crippen LogP contribution in [0.25, 0.3) is 10.9 Å². The smallest absolute Gasteiger partial charge is 0.270 e. The molecule has 0 aliphatic carbocycles. The molecular formula is C21H22FN3O. The molecular weight excluding hydrogens is 329 g/mol. The van der Waals surface area contributed by atoms with Gasteiger partial charge in [-0.15, -0.1) is 0 Å². The number of anilines is 1. The molecule has 0 radical (unpaired) electrons. The summed E-state index contributed by atoms with van der Waals surface area (Å²) in [6.45, 7) is 7.16. The van der Waals surface area contributed by atoms with E-state index in [4.69, 9.17) is 0 Å². The van der Waals surface area contributed by atoms with Crippen LogP contribution < -0.4 is 4.90 Å². The topological polar surface area (TPSA) is 39.3 Å². The number of aromatic amines is 1. The van der Waals surface area contributed by atoms with Crippen LogP contribution in [-0.4, -0.2) is 42.0 Å². The monoisotopic (exact) mass is 351 g/mol. The number of rotatable bonds is 2. The van der Waals surface area contributed by atoms with E-state index < -0.39 is 0 Å². The number of nitrogens with one attached hydrogen (secondary N) is 1. The molecule has 0 unspecified atom stereocenters. The van der Waals surface area contributed by atoms with Gasteiger partial charge in [0, 0.05) is 42.8 Å². The van der Waals surface area contributed by atoms with E-state index in [1.807, 2.05) is 4.90 Å². The van der Waals surface area contributed by atoms with E-state index in [0.717, 1.165) is 13.1 Å². The van der Waals surface area contributed by atoms with Crippen molar-refractivity contribution in [2.45, 2.75) is 13.8 Å². The lowest BCUT2D eigenvalue weighted by molar-refractivity contribution is 0.0742. The number of aryl methyl sites for hydroxylation is 1. The number of H-pyrrole nitrogens is 1. The lowest BCUT2D eigenvalue weighted by Crippen LogP contribution is -2.49. The van der Waals surface area contributed by atoms with Crippen LogP contribution in [0, 0.1) is 19.7 Å². The first kappa shape index (κ1) is 16.6. The Morgan fingerprint density at radius 2 is 1.77 bits per heavy atom. The molecule has 134 valence electrons. The molecule has 0 saturated carbocycles. The van der Waals surface area contributed by atoms with Crippen molar-refractivity contribution in [2.75, 3.05) is 31.1 Å². The molecule has 1 aromatic heterocycles. The van der Waals surface area contributed by atoms with Crippen molar-refractivity contribution < 1.29 is 9.18 Å². The van der Waals surface area contributed by atoms with E-state index in [0.29, 0.717) is 29.7 Å². The Morgan fingerprint density at radius 3 is 2.50 bits per heavy atom. The van der Waals surface area contributed by atoms with E-state index in [-0.39, 0.29) is 11.7 Å². The van der Waals surface area contributed by atoms with Gasteiger partial charge < -0.3 is 14.8 Å². The Labute approximate surface area is 152 Å². The first-order valence-corrected chi connectivity index (χ1v) is 8.92. The highest BCUT2D eigenvalue weighted by atomic mass is 19.1. The molecule has 26 heavy (non-hydrogen) atoms. The third-order valence-electron chi connectivity index (χ3n) is 5.32. The van der Waals surface area contributed by atoms with Crippen LogP contribution in [0.4, 0.5) is 10.1 Å². The number of fused-ring (bicyclic) bond motifs is 1. The van der Waals surface area contributed by atoms with Gasteiger partial charge in [-0.2, -0.15) is 0 Å². The van der Waals surface area contributed by atoms with Gasteiger partial charge >= 0.3 is 0 Å².